The Morgan fingerprint density at radius 2 is 2.44 bits per heavy atom. The molecule has 1 rings (SSSR count). The van der Waals surface area contributed by atoms with Crippen LogP contribution in [0.4, 0.5) is 0 Å². The van der Waals surface area contributed by atoms with Crippen LogP contribution in [0.25, 0.3) is 0 Å². The van der Waals surface area contributed by atoms with Crippen LogP contribution in [-0.2, 0) is 4.84 Å². The molecule has 0 spiro atoms. The van der Waals surface area contributed by atoms with E-state index in [-0.39, 0.29) is 0 Å². The minimum absolute atomic E-state index is 0.480. The second kappa shape index (κ2) is 2.51. The molecule has 0 aromatic heterocycles. The van der Waals surface area contributed by atoms with Crippen LogP contribution < -0.4 is 0 Å². The summed E-state index contributed by atoms with van der Waals surface area (Å²) in [7, 11) is 0. The van der Waals surface area contributed by atoms with Gasteiger partial charge in [0.15, 0.2) is 0 Å². The van der Waals surface area contributed by atoms with Gasteiger partial charge >= 0.3 is 0 Å². The van der Waals surface area contributed by atoms with Crippen LogP contribution in [-0.4, -0.2) is 5.87 Å². The van der Waals surface area contributed by atoms with Gasteiger partial charge in [-0.3, -0.25) is 0 Å². The molecule has 0 amide bonds. The Bertz CT molecular complexity index is 185. The fourth-order valence-corrected chi connectivity index (χ4v) is 0.572. The molecule has 0 radical (unpaired) electrons. The molecular formula is C7H9NO. The molecule has 0 saturated carbocycles. The van der Waals surface area contributed by atoms with Gasteiger partial charge in [0.25, 0.3) is 0 Å². The van der Waals surface area contributed by atoms with E-state index in [0.29, 0.717) is 5.92 Å². The molecule has 0 aromatic rings. The summed E-state index contributed by atoms with van der Waals surface area (Å²) in [5, 5.41) is 3.51. The third-order valence-corrected chi connectivity index (χ3v) is 1.16. The lowest BCUT2D eigenvalue weighted by molar-refractivity contribution is 0.268. The Morgan fingerprint density at radius 1 is 1.67 bits per heavy atom. The van der Waals surface area contributed by atoms with Gasteiger partial charge in [-0.1, -0.05) is 13.8 Å². The maximum atomic E-state index is 4.56. The quantitative estimate of drug-likeness (QED) is 0.520. The average Bonchev–Trinajstić information content (AvgIpc) is 1.90. The largest absolute Gasteiger partial charge is 0.357 e. The molecule has 0 atom stereocenters. The van der Waals surface area contributed by atoms with E-state index in [4.69, 9.17) is 0 Å². The van der Waals surface area contributed by atoms with Crippen LogP contribution in [0.3, 0.4) is 0 Å². The molecule has 0 saturated heterocycles. The molecule has 1 aliphatic heterocycles. The van der Waals surface area contributed by atoms with Crippen molar-refractivity contribution in [2.24, 2.45) is 11.1 Å². The molecule has 0 aromatic carbocycles. The Labute approximate surface area is 54.5 Å². The van der Waals surface area contributed by atoms with Crippen LogP contribution in [0.2, 0.25) is 0 Å². The molecule has 9 heavy (non-hydrogen) atoms. The molecular weight excluding hydrogens is 114 g/mol. The van der Waals surface area contributed by atoms with Crippen molar-refractivity contribution in [3.8, 4) is 0 Å². The molecule has 2 heteroatoms. The first-order valence-electron chi connectivity index (χ1n) is 2.96. The molecule has 0 fully saturated rings. The molecule has 0 unspecified atom stereocenters. The topological polar surface area (TPSA) is 21.6 Å². The van der Waals surface area contributed by atoms with Crippen molar-refractivity contribution in [3.63, 3.8) is 0 Å². The van der Waals surface area contributed by atoms with Gasteiger partial charge in [0.1, 0.15) is 6.26 Å². The minimum atomic E-state index is 0.480. The van der Waals surface area contributed by atoms with E-state index in [0.717, 1.165) is 5.57 Å². The van der Waals surface area contributed by atoms with Crippen LogP contribution in [0.15, 0.2) is 23.1 Å². The van der Waals surface area contributed by atoms with Crippen molar-refractivity contribution in [2.45, 2.75) is 13.8 Å². The van der Waals surface area contributed by atoms with E-state index in [9.17, 15) is 0 Å². The fourth-order valence-electron chi connectivity index (χ4n) is 0.572. The molecule has 0 bridgehead atoms. The van der Waals surface area contributed by atoms with Gasteiger partial charge in [-0.25, -0.2) is 0 Å². The average molecular weight is 123 g/mol. The van der Waals surface area contributed by atoms with Crippen LogP contribution in [0.5, 0.6) is 0 Å². The molecule has 0 N–H and O–H groups in total. The van der Waals surface area contributed by atoms with Crippen LogP contribution >= 0.6 is 0 Å². The Kier molecular flexibility index (Phi) is 1.71. The second-order valence-electron chi connectivity index (χ2n) is 2.22. The van der Waals surface area contributed by atoms with Gasteiger partial charge in [-0.05, 0) is 17.1 Å². The highest BCUT2D eigenvalue weighted by atomic mass is 16.6. The number of rotatable bonds is 1. The summed E-state index contributed by atoms with van der Waals surface area (Å²) in [5.74, 6) is 3.23. The van der Waals surface area contributed by atoms with E-state index in [1.54, 1.807) is 6.26 Å². The predicted octanol–water partition coefficient (Wildman–Crippen LogP) is 1.70. The SMILES string of the molecule is CC(C)C1=C=NOC=C1. The van der Waals surface area contributed by atoms with Crippen molar-refractivity contribution in [1.29, 1.82) is 0 Å². The zero-order valence-corrected chi connectivity index (χ0v) is 5.59. The van der Waals surface area contributed by atoms with Crippen molar-refractivity contribution in [1.82, 2.24) is 0 Å². The van der Waals surface area contributed by atoms with Gasteiger partial charge in [-0.2, -0.15) is 0 Å². The first kappa shape index (κ1) is 6.12. The zero-order valence-electron chi connectivity index (χ0n) is 5.59. The number of allylic oxidation sites excluding steroid dienone is 2. The summed E-state index contributed by atoms with van der Waals surface area (Å²) in [6, 6.07) is 0. The Hall–Kier alpha value is -1.01. The zero-order chi connectivity index (χ0) is 6.69. The Morgan fingerprint density at radius 3 is 2.78 bits per heavy atom. The normalized spacial score (nSPS) is 15.7. The summed E-state index contributed by atoms with van der Waals surface area (Å²) in [4.78, 5) is 4.56. The first-order valence-corrected chi connectivity index (χ1v) is 2.96. The smallest absolute Gasteiger partial charge is 0.123 e. The van der Waals surface area contributed by atoms with Crippen molar-refractivity contribution in [2.75, 3.05) is 0 Å². The highest BCUT2D eigenvalue weighted by molar-refractivity contribution is 5.62. The number of hydrogen-bond acceptors (Lipinski definition) is 2. The summed E-state index contributed by atoms with van der Waals surface area (Å²) in [6.07, 6.45) is 3.43. The maximum absolute atomic E-state index is 4.56. The standard InChI is InChI=1S/C7H9NO/c1-6(2)7-3-4-9-8-5-7/h3-4,6H,1-2H3. The first-order chi connectivity index (χ1) is 4.30. The minimum Gasteiger partial charge on any atom is -0.357 e. The summed E-state index contributed by atoms with van der Waals surface area (Å²) >= 11 is 0. The van der Waals surface area contributed by atoms with Crippen LogP contribution in [0.1, 0.15) is 13.8 Å². The second-order valence-corrected chi connectivity index (χ2v) is 2.22. The molecule has 1 aliphatic rings. The van der Waals surface area contributed by atoms with E-state index < -0.39 is 0 Å². The van der Waals surface area contributed by atoms with E-state index >= 15 is 0 Å². The highest BCUT2D eigenvalue weighted by Crippen LogP contribution is 2.08. The third-order valence-electron chi connectivity index (χ3n) is 1.16. The predicted molar refractivity (Wildman–Crippen MR) is 36.0 cm³/mol. The van der Waals surface area contributed by atoms with Gasteiger partial charge in [0.05, 0.1) is 0 Å². The molecule has 2 nitrogen and oxygen atoms in total. The van der Waals surface area contributed by atoms with Crippen LogP contribution in [0, 0.1) is 5.92 Å². The van der Waals surface area contributed by atoms with Gasteiger partial charge < -0.3 is 4.84 Å². The molecule has 48 valence electrons. The fraction of sp³-hybridized carbons (Fsp3) is 0.429. The van der Waals surface area contributed by atoms with Crippen molar-refractivity contribution >= 4 is 5.87 Å². The summed E-state index contributed by atoms with van der Waals surface area (Å²) in [6.45, 7) is 4.18. The number of hydrogen-bond donors (Lipinski definition) is 0. The number of nitrogens with zero attached hydrogens (tertiary/aromatic N) is 1. The van der Waals surface area contributed by atoms with Gasteiger partial charge in [-0.15, -0.1) is 0 Å². The van der Waals surface area contributed by atoms with E-state index in [2.05, 4.69) is 29.7 Å². The highest BCUT2D eigenvalue weighted by Gasteiger charge is 1.99. The van der Waals surface area contributed by atoms with Gasteiger partial charge in [0, 0.05) is 11.4 Å². The monoisotopic (exact) mass is 123 g/mol. The lowest BCUT2D eigenvalue weighted by Gasteiger charge is -2.02. The summed E-state index contributed by atoms with van der Waals surface area (Å²) in [5.41, 5.74) is 1.08. The molecule has 1 heterocycles. The third kappa shape index (κ3) is 1.44. The maximum Gasteiger partial charge on any atom is 0.123 e. The van der Waals surface area contributed by atoms with Gasteiger partial charge in [0.2, 0.25) is 0 Å². The van der Waals surface area contributed by atoms with Crippen molar-refractivity contribution in [3.05, 3.63) is 17.9 Å². The molecule has 0 aliphatic carbocycles. The Balaban J connectivity index is 2.79. The van der Waals surface area contributed by atoms with E-state index in [1.165, 1.54) is 0 Å². The lowest BCUT2D eigenvalue weighted by atomic mass is 10.1. The lowest BCUT2D eigenvalue weighted by Crippen LogP contribution is -1.93. The van der Waals surface area contributed by atoms with Crippen molar-refractivity contribution < 1.29 is 4.84 Å². The summed E-state index contributed by atoms with van der Waals surface area (Å²) < 4.78 is 0. The van der Waals surface area contributed by atoms with E-state index in [1.807, 2.05) is 6.08 Å².